The van der Waals surface area contributed by atoms with Gasteiger partial charge in [0.25, 0.3) is 0 Å². The first-order chi connectivity index (χ1) is 11.7. The first kappa shape index (κ1) is 15.8. The lowest BCUT2D eigenvalue weighted by Gasteiger charge is -2.10. The van der Waals surface area contributed by atoms with E-state index in [0.29, 0.717) is 17.1 Å². The molecule has 0 aromatic heterocycles. The van der Waals surface area contributed by atoms with Gasteiger partial charge >= 0.3 is 0 Å². The molecule has 0 aliphatic rings. The third kappa shape index (κ3) is 3.15. The number of carbonyl (C=O) groups is 1. The Morgan fingerprint density at radius 3 is 2.17 bits per heavy atom. The van der Waals surface area contributed by atoms with E-state index in [1.807, 2.05) is 24.3 Å². The second-order valence-corrected chi connectivity index (χ2v) is 5.34. The van der Waals surface area contributed by atoms with Crippen LogP contribution in [0.5, 0.6) is 11.5 Å². The van der Waals surface area contributed by atoms with Gasteiger partial charge in [0.1, 0.15) is 17.1 Å². The van der Waals surface area contributed by atoms with Gasteiger partial charge in [0.2, 0.25) is 0 Å². The average molecular weight is 318 g/mol. The predicted octanol–water partition coefficient (Wildman–Crippen LogP) is 4.75. The molecule has 3 rings (SSSR count). The highest BCUT2D eigenvalue weighted by atomic mass is 16.5. The minimum atomic E-state index is -0.155. The highest BCUT2D eigenvalue weighted by Gasteiger charge is 2.15. The molecule has 0 N–H and O–H groups in total. The molecule has 0 saturated carbocycles. The quantitative estimate of drug-likeness (QED) is 0.503. The monoisotopic (exact) mass is 318 g/mol. The van der Waals surface area contributed by atoms with Gasteiger partial charge in [0.15, 0.2) is 5.78 Å². The van der Waals surface area contributed by atoms with Crippen LogP contribution >= 0.6 is 0 Å². The lowest BCUT2D eigenvalue weighted by Crippen LogP contribution is -2.02. The molecule has 0 aliphatic heterocycles. The van der Waals surface area contributed by atoms with Crippen LogP contribution < -0.4 is 9.47 Å². The summed E-state index contributed by atoms with van der Waals surface area (Å²) in [5, 5.41) is 2.31. The highest BCUT2D eigenvalue weighted by Crippen LogP contribution is 2.29. The normalized spacial score (nSPS) is 10.9. The van der Waals surface area contributed by atoms with Crippen LogP contribution in [0.15, 0.2) is 66.7 Å². The van der Waals surface area contributed by atoms with Crippen molar-refractivity contribution < 1.29 is 14.3 Å². The Balaban J connectivity index is 1.92. The Hall–Kier alpha value is -3.07. The van der Waals surface area contributed by atoms with Gasteiger partial charge in [-0.15, -0.1) is 0 Å². The summed E-state index contributed by atoms with van der Waals surface area (Å²) in [5.74, 6) is 0.850. The number of hydrogen-bond acceptors (Lipinski definition) is 3. The minimum absolute atomic E-state index is 0.155. The number of hydrogen-bond donors (Lipinski definition) is 0. The van der Waals surface area contributed by atoms with E-state index in [1.165, 1.54) is 5.39 Å². The Labute approximate surface area is 141 Å². The van der Waals surface area contributed by atoms with Crippen molar-refractivity contribution in [3.63, 3.8) is 0 Å². The van der Waals surface area contributed by atoms with Crippen LogP contribution in [0.2, 0.25) is 0 Å². The summed E-state index contributed by atoms with van der Waals surface area (Å²) >= 11 is 0. The molecule has 3 nitrogen and oxygen atoms in total. The largest absolute Gasteiger partial charge is 0.496 e. The molecule has 0 bridgehead atoms. The maximum atomic E-state index is 12.6. The SMILES string of the molecule is COc1cccc(OC)c1C(=O)/C=C/c1ccc2ccccc2c1. The van der Waals surface area contributed by atoms with Crippen molar-refractivity contribution in [2.75, 3.05) is 14.2 Å². The fourth-order valence-corrected chi connectivity index (χ4v) is 2.66. The van der Waals surface area contributed by atoms with Crippen LogP contribution in [0.1, 0.15) is 15.9 Å². The maximum absolute atomic E-state index is 12.6. The van der Waals surface area contributed by atoms with Crippen LogP contribution in [0.4, 0.5) is 0 Å². The third-order valence-electron chi connectivity index (χ3n) is 3.87. The van der Waals surface area contributed by atoms with Crippen molar-refractivity contribution in [2.45, 2.75) is 0 Å². The minimum Gasteiger partial charge on any atom is -0.496 e. The molecule has 3 heteroatoms. The molecular formula is C21H18O3. The summed E-state index contributed by atoms with van der Waals surface area (Å²) in [5.41, 5.74) is 1.40. The van der Waals surface area contributed by atoms with Crippen LogP contribution in [-0.2, 0) is 0 Å². The van der Waals surface area contributed by atoms with Gasteiger partial charge in [0, 0.05) is 0 Å². The maximum Gasteiger partial charge on any atom is 0.193 e. The molecule has 0 radical (unpaired) electrons. The number of ether oxygens (including phenoxy) is 2. The van der Waals surface area contributed by atoms with Gasteiger partial charge in [-0.3, -0.25) is 4.79 Å². The molecule has 0 atom stereocenters. The summed E-state index contributed by atoms with van der Waals surface area (Å²) in [6.07, 6.45) is 3.35. The van der Waals surface area contributed by atoms with E-state index in [-0.39, 0.29) is 5.78 Å². The topological polar surface area (TPSA) is 35.5 Å². The van der Waals surface area contributed by atoms with E-state index < -0.39 is 0 Å². The number of benzene rings is 3. The number of fused-ring (bicyclic) bond motifs is 1. The first-order valence-corrected chi connectivity index (χ1v) is 7.65. The Kier molecular flexibility index (Phi) is 4.62. The van der Waals surface area contributed by atoms with Gasteiger partial charge in [-0.2, -0.15) is 0 Å². The molecular weight excluding hydrogens is 300 g/mol. The second-order valence-electron chi connectivity index (χ2n) is 5.34. The smallest absolute Gasteiger partial charge is 0.193 e. The van der Waals surface area contributed by atoms with Crippen molar-refractivity contribution in [1.29, 1.82) is 0 Å². The zero-order chi connectivity index (χ0) is 16.9. The fourth-order valence-electron chi connectivity index (χ4n) is 2.66. The van der Waals surface area contributed by atoms with Crippen LogP contribution in [0.3, 0.4) is 0 Å². The third-order valence-corrected chi connectivity index (χ3v) is 3.87. The van der Waals surface area contributed by atoms with Crippen molar-refractivity contribution in [2.24, 2.45) is 0 Å². The van der Waals surface area contributed by atoms with Crippen molar-refractivity contribution >= 4 is 22.6 Å². The summed E-state index contributed by atoms with van der Waals surface area (Å²) in [6, 6.07) is 19.5. The number of methoxy groups -OCH3 is 2. The van der Waals surface area contributed by atoms with Gasteiger partial charge in [-0.1, -0.05) is 48.5 Å². The summed E-state index contributed by atoms with van der Waals surface area (Å²) in [4.78, 5) is 12.6. The molecule has 120 valence electrons. The molecule has 0 saturated heterocycles. The lowest BCUT2D eigenvalue weighted by atomic mass is 10.0. The molecule has 3 aromatic rings. The Morgan fingerprint density at radius 1 is 0.833 bits per heavy atom. The molecule has 3 aromatic carbocycles. The summed E-state index contributed by atoms with van der Waals surface area (Å²) in [7, 11) is 3.08. The summed E-state index contributed by atoms with van der Waals surface area (Å²) < 4.78 is 10.6. The molecule has 0 fully saturated rings. The molecule has 0 heterocycles. The van der Waals surface area contributed by atoms with E-state index in [9.17, 15) is 4.79 Å². The summed E-state index contributed by atoms with van der Waals surface area (Å²) in [6.45, 7) is 0. The average Bonchev–Trinajstić information content (AvgIpc) is 2.65. The van der Waals surface area contributed by atoms with Gasteiger partial charge in [0.05, 0.1) is 14.2 Å². The van der Waals surface area contributed by atoms with E-state index in [0.717, 1.165) is 10.9 Å². The Bertz CT molecular complexity index is 888. The van der Waals surface area contributed by atoms with Crippen LogP contribution in [0.25, 0.3) is 16.8 Å². The van der Waals surface area contributed by atoms with Crippen LogP contribution in [0, 0.1) is 0 Å². The zero-order valence-electron chi connectivity index (χ0n) is 13.7. The van der Waals surface area contributed by atoms with Gasteiger partial charge < -0.3 is 9.47 Å². The standard InChI is InChI=1S/C21H18O3/c1-23-19-8-5-9-20(24-2)21(19)18(22)13-11-15-10-12-16-6-3-4-7-17(16)14-15/h3-14H,1-2H3/b13-11+. The van der Waals surface area contributed by atoms with E-state index in [2.05, 4.69) is 18.2 Å². The number of ketones is 1. The second kappa shape index (κ2) is 7.01. The molecule has 0 unspecified atom stereocenters. The number of rotatable bonds is 5. The predicted molar refractivity (Wildman–Crippen MR) is 96.9 cm³/mol. The van der Waals surface area contributed by atoms with E-state index in [1.54, 1.807) is 44.6 Å². The molecule has 0 aliphatic carbocycles. The van der Waals surface area contributed by atoms with E-state index >= 15 is 0 Å². The molecule has 24 heavy (non-hydrogen) atoms. The Morgan fingerprint density at radius 2 is 1.50 bits per heavy atom. The van der Waals surface area contributed by atoms with E-state index in [4.69, 9.17) is 9.47 Å². The first-order valence-electron chi connectivity index (χ1n) is 7.65. The number of carbonyl (C=O) groups excluding carboxylic acids is 1. The van der Waals surface area contributed by atoms with Crippen LogP contribution in [-0.4, -0.2) is 20.0 Å². The van der Waals surface area contributed by atoms with Gasteiger partial charge in [-0.05, 0) is 40.6 Å². The number of allylic oxidation sites excluding steroid dienone is 1. The van der Waals surface area contributed by atoms with Crippen molar-refractivity contribution in [3.8, 4) is 11.5 Å². The highest BCUT2D eigenvalue weighted by molar-refractivity contribution is 6.10. The van der Waals surface area contributed by atoms with Crippen molar-refractivity contribution in [3.05, 3.63) is 77.9 Å². The van der Waals surface area contributed by atoms with Gasteiger partial charge in [-0.25, -0.2) is 0 Å². The zero-order valence-corrected chi connectivity index (χ0v) is 13.7. The lowest BCUT2D eigenvalue weighted by molar-refractivity contribution is 0.104. The molecule has 0 spiro atoms. The molecule has 0 amide bonds. The van der Waals surface area contributed by atoms with Crippen molar-refractivity contribution in [1.82, 2.24) is 0 Å². The fraction of sp³-hybridized carbons (Fsp3) is 0.0952.